The zero-order valence-electron chi connectivity index (χ0n) is 29.9. The van der Waals surface area contributed by atoms with Gasteiger partial charge in [-0.15, -0.1) is 0 Å². The molecule has 0 bridgehead atoms. The van der Waals surface area contributed by atoms with E-state index in [4.69, 9.17) is 15.2 Å². The normalized spacial score (nSPS) is 17.0. The summed E-state index contributed by atoms with van der Waals surface area (Å²) >= 11 is 0. The van der Waals surface area contributed by atoms with Crippen LogP contribution in [0.15, 0.2) is 133 Å². The fourth-order valence-corrected chi connectivity index (χ4v) is 6.53. The quantitative estimate of drug-likeness (QED) is 0.0601. The number of nitrogens with one attached hydrogen (secondary N) is 2. The molecule has 5 aromatic rings. The third kappa shape index (κ3) is 11.3. The van der Waals surface area contributed by atoms with Crippen LogP contribution >= 0.6 is 0 Å². The number of nitrogens with two attached hydrogens (primary N) is 1. The molecule has 2 amide bonds. The van der Waals surface area contributed by atoms with Crippen molar-refractivity contribution in [2.45, 2.75) is 70.3 Å². The van der Waals surface area contributed by atoms with Gasteiger partial charge in [-0.2, -0.15) is 0 Å². The van der Waals surface area contributed by atoms with E-state index in [1.54, 1.807) is 12.1 Å². The summed E-state index contributed by atoms with van der Waals surface area (Å²) in [7, 11) is 0. The third-order valence-corrected chi connectivity index (χ3v) is 9.33. The van der Waals surface area contributed by atoms with Crippen LogP contribution < -0.4 is 16.4 Å². The number of nitrogen functional groups attached to an aromatic ring is 1. The van der Waals surface area contributed by atoms with Crippen molar-refractivity contribution in [1.29, 1.82) is 0 Å². The van der Waals surface area contributed by atoms with Gasteiger partial charge in [0.2, 0.25) is 11.8 Å². The predicted octanol–water partition coefficient (Wildman–Crippen LogP) is 8.15. The molecule has 1 aliphatic rings. The van der Waals surface area contributed by atoms with Crippen LogP contribution in [0.1, 0.15) is 72.3 Å². The molecule has 1 saturated heterocycles. The van der Waals surface area contributed by atoms with Crippen molar-refractivity contribution in [3.8, 4) is 0 Å². The van der Waals surface area contributed by atoms with Gasteiger partial charge in [0.1, 0.15) is 0 Å². The maximum Gasteiger partial charge on any atom is 0.224 e. The van der Waals surface area contributed by atoms with Crippen molar-refractivity contribution in [3.05, 3.63) is 161 Å². The van der Waals surface area contributed by atoms with E-state index in [0.29, 0.717) is 55.7 Å². The summed E-state index contributed by atoms with van der Waals surface area (Å²) in [5, 5.41) is 15.4. The molecular formula is C44H48N4O5. The smallest absolute Gasteiger partial charge is 0.224 e. The van der Waals surface area contributed by atoms with Crippen molar-refractivity contribution in [2.75, 3.05) is 22.9 Å². The lowest BCUT2D eigenvalue weighted by Crippen LogP contribution is -2.39. The van der Waals surface area contributed by atoms with E-state index in [-0.39, 0.29) is 30.6 Å². The second-order valence-electron chi connectivity index (χ2n) is 13.5. The highest BCUT2D eigenvalue weighted by Crippen LogP contribution is 2.38. The van der Waals surface area contributed by atoms with Crippen LogP contribution in [0.5, 0.6) is 0 Å². The molecular weight excluding hydrogens is 665 g/mol. The minimum Gasteiger partial charge on any atom is -0.397 e. The standard InChI is InChI=1S/C44H48N4O5/c45-39-15-7-8-16-40(39)47-43(51)18-10-9-17-42(50)46-37-25-23-36(24-26-37)44-52-38(27-41(53-44)35-21-19-34(31-49)20-22-35)30-48(28-32-11-3-1-4-12-32)29-33-13-5-2-6-14-33/h1-8,11-16,19-26,38,41,44,49H,9-10,17-18,27-31,45H2,(H,46,50)(H,47,51). The maximum atomic E-state index is 12.7. The fraction of sp³-hybridized carbons (Fsp3) is 0.273. The van der Waals surface area contributed by atoms with Gasteiger partial charge in [-0.05, 0) is 59.4 Å². The number of amides is 2. The second-order valence-corrected chi connectivity index (χ2v) is 13.5. The van der Waals surface area contributed by atoms with Crippen molar-refractivity contribution < 1.29 is 24.2 Å². The third-order valence-electron chi connectivity index (χ3n) is 9.33. The Morgan fingerprint density at radius 1 is 0.660 bits per heavy atom. The van der Waals surface area contributed by atoms with E-state index in [1.807, 2.05) is 72.8 Å². The van der Waals surface area contributed by atoms with Gasteiger partial charge in [-0.1, -0.05) is 109 Å². The van der Waals surface area contributed by atoms with Crippen LogP contribution in [0, 0.1) is 0 Å². The Hall–Kier alpha value is -5.32. The Morgan fingerprint density at radius 2 is 1.23 bits per heavy atom. The summed E-state index contributed by atoms with van der Waals surface area (Å²) in [5.74, 6) is -0.239. The second kappa shape index (κ2) is 19.0. The molecule has 0 spiro atoms. The molecule has 5 aromatic carbocycles. The van der Waals surface area contributed by atoms with Gasteiger partial charge < -0.3 is 30.9 Å². The fourth-order valence-electron chi connectivity index (χ4n) is 6.53. The monoisotopic (exact) mass is 712 g/mol. The van der Waals surface area contributed by atoms with E-state index < -0.39 is 6.29 Å². The number of benzene rings is 5. The van der Waals surface area contributed by atoms with Gasteiger partial charge in [-0.25, -0.2) is 0 Å². The van der Waals surface area contributed by atoms with Crippen molar-refractivity contribution in [2.24, 2.45) is 0 Å². The Kier molecular flexibility index (Phi) is 13.4. The van der Waals surface area contributed by atoms with E-state index in [9.17, 15) is 14.7 Å². The average molecular weight is 713 g/mol. The van der Waals surface area contributed by atoms with Crippen LogP contribution in [0.25, 0.3) is 0 Å². The van der Waals surface area contributed by atoms with Gasteiger partial charge in [-0.3, -0.25) is 14.5 Å². The molecule has 1 fully saturated rings. The molecule has 6 rings (SSSR count). The Balaban J connectivity index is 1.08. The lowest BCUT2D eigenvalue weighted by molar-refractivity contribution is -0.253. The van der Waals surface area contributed by atoms with Crippen molar-refractivity contribution in [3.63, 3.8) is 0 Å². The number of aliphatic hydroxyl groups excluding tert-OH is 1. The molecule has 0 aromatic heterocycles. The highest BCUT2D eigenvalue weighted by Gasteiger charge is 2.33. The Labute approximate surface area is 311 Å². The van der Waals surface area contributed by atoms with Gasteiger partial charge in [0, 0.05) is 50.1 Å². The molecule has 3 unspecified atom stereocenters. The van der Waals surface area contributed by atoms with Crippen LogP contribution in [-0.2, 0) is 38.8 Å². The first kappa shape index (κ1) is 37.4. The summed E-state index contributed by atoms with van der Waals surface area (Å²) in [4.78, 5) is 27.5. The summed E-state index contributed by atoms with van der Waals surface area (Å²) in [6.07, 6.45) is 1.49. The van der Waals surface area contributed by atoms with Crippen LogP contribution in [0.4, 0.5) is 17.1 Å². The van der Waals surface area contributed by atoms with Crippen molar-refractivity contribution in [1.82, 2.24) is 4.90 Å². The number of hydrogen-bond acceptors (Lipinski definition) is 7. The highest BCUT2D eigenvalue weighted by atomic mass is 16.7. The van der Waals surface area contributed by atoms with E-state index in [2.05, 4.69) is 64.1 Å². The number of nitrogens with zero attached hydrogens (tertiary/aromatic N) is 1. The molecule has 1 aliphatic heterocycles. The number of unbranched alkanes of at least 4 members (excludes halogenated alkanes) is 1. The first-order chi connectivity index (χ1) is 25.9. The van der Waals surface area contributed by atoms with E-state index in [1.165, 1.54) is 11.1 Å². The molecule has 3 atom stereocenters. The number of rotatable bonds is 16. The molecule has 53 heavy (non-hydrogen) atoms. The zero-order valence-corrected chi connectivity index (χ0v) is 29.9. The zero-order chi connectivity index (χ0) is 36.8. The number of carbonyl (C=O) groups excluding carboxylic acids is 2. The minimum atomic E-state index is -0.617. The van der Waals surface area contributed by atoms with Gasteiger partial charge in [0.05, 0.1) is 30.2 Å². The Morgan fingerprint density at radius 3 is 1.83 bits per heavy atom. The molecule has 1 heterocycles. The van der Waals surface area contributed by atoms with Gasteiger partial charge in [0.15, 0.2) is 6.29 Å². The van der Waals surface area contributed by atoms with E-state index >= 15 is 0 Å². The predicted molar refractivity (Wildman–Crippen MR) is 208 cm³/mol. The topological polar surface area (TPSA) is 126 Å². The summed E-state index contributed by atoms with van der Waals surface area (Å²) < 4.78 is 13.3. The first-order valence-corrected chi connectivity index (χ1v) is 18.3. The summed E-state index contributed by atoms with van der Waals surface area (Å²) in [6.45, 7) is 2.24. The molecule has 274 valence electrons. The van der Waals surface area contributed by atoms with Crippen molar-refractivity contribution >= 4 is 28.9 Å². The number of para-hydroxylation sites is 2. The largest absolute Gasteiger partial charge is 0.397 e. The lowest BCUT2D eigenvalue weighted by Gasteiger charge is -2.38. The minimum absolute atomic E-state index is 0.0151. The SMILES string of the molecule is Nc1ccccc1NC(=O)CCCCC(=O)Nc1ccc(C2OC(CN(Cc3ccccc3)Cc3ccccc3)CC(c3ccc(CO)cc3)O2)cc1. The number of aliphatic hydroxyl groups is 1. The van der Waals surface area contributed by atoms with Crippen LogP contribution in [0.2, 0.25) is 0 Å². The molecule has 9 heteroatoms. The number of carbonyl (C=O) groups is 2. The van der Waals surface area contributed by atoms with Gasteiger partial charge in [0.25, 0.3) is 0 Å². The highest BCUT2D eigenvalue weighted by molar-refractivity contribution is 5.94. The molecule has 0 aliphatic carbocycles. The summed E-state index contributed by atoms with van der Waals surface area (Å²) in [6, 6.07) is 43.6. The molecule has 9 nitrogen and oxygen atoms in total. The number of ether oxygens (including phenoxy) is 2. The Bertz CT molecular complexity index is 1850. The average Bonchev–Trinajstić information content (AvgIpc) is 3.18. The molecule has 0 radical (unpaired) electrons. The molecule has 5 N–H and O–H groups in total. The first-order valence-electron chi connectivity index (χ1n) is 18.3. The number of anilines is 3. The lowest BCUT2D eigenvalue weighted by atomic mass is 9.99. The van der Waals surface area contributed by atoms with Gasteiger partial charge >= 0.3 is 0 Å². The molecule has 0 saturated carbocycles. The van der Waals surface area contributed by atoms with E-state index in [0.717, 1.165) is 29.8 Å². The van der Waals surface area contributed by atoms with Crippen LogP contribution in [0.3, 0.4) is 0 Å². The summed E-state index contributed by atoms with van der Waals surface area (Å²) in [5.41, 5.74) is 12.9. The number of hydrogen-bond donors (Lipinski definition) is 4. The van der Waals surface area contributed by atoms with Crippen LogP contribution in [-0.4, -0.2) is 34.5 Å². The maximum absolute atomic E-state index is 12.7.